The summed E-state index contributed by atoms with van der Waals surface area (Å²) in [6, 6.07) is 16.2. The lowest BCUT2D eigenvalue weighted by atomic mass is 10.1. The van der Waals surface area contributed by atoms with Gasteiger partial charge in [-0.1, -0.05) is 12.1 Å². The minimum atomic E-state index is -0.344. The molecule has 0 spiro atoms. The van der Waals surface area contributed by atoms with Crippen LogP contribution in [0.15, 0.2) is 53.6 Å². The fraction of sp³-hybridized carbons (Fsp3) is 0.231. The van der Waals surface area contributed by atoms with Crippen molar-refractivity contribution in [3.05, 3.63) is 70.9 Å². The van der Waals surface area contributed by atoms with Crippen LogP contribution in [0, 0.1) is 18.3 Å². The molecule has 0 atom stereocenters. The SMILES string of the molecule is COCc1cc(C)nc(N/N=C\c2ccc(OCC(=O)Nc3ccccc3OC)c(OC)c2)c1C#N. The number of aromatic nitrogens is 1. The van der Waals surface area contributed by atoms with E-state index < -0.39 is 0 Å². The number of amides is 1. The van der Waals surface area contributed by atoms with Gasteiger partial charge in [0.1, 0.15) is 17.4 Å². The number of carbonyl (C=O) groups excluding carboxylic acids is 1. The summed E-state index contributed by atoms with van der Waals surface area (Å²) in [6.07, 6.45) is 1.56. The first-order valence-electron chi connectivity index (χ1n) is 10.9. The van der Waals surface area contributed by atoms with Gasteiger partial charge in [0.2, 0.25) is 0 Å². The summed E-state index contributed by atoms with van der Waals surface area (Å²) in [6.45, 7) is 1.90. The molecule has 1 amide bonds. The summed E-state index contributed by atoms with van der Waals surface area (Å²) >= 11 is 0. The van der Waals surface area contributed by atoms with Crippen molar-refractivity contribution in [3.63, 3.8) is 0 Å². The fourth-order valence-electron chi connectivity index (χ4n) is 3.35. The molecule has 0 aliphatic carbocycles. The number of hydrazone groups is 1. The van der Waals surface area contributed by atoms with E-state index in [0.717, 1.165) is 11.3 Å². The largest absolute Gasteiger partial charge is 0.495 e. The first-order valence-corrected chi connectivity index (χ1v) is 10.9. The minimum Gasteiger partial charge on any atom is -0.495 e. The zero-order chi connectivity index (χ0) is 25.9. The van der Waals surface area contributed by atoms with Crippen LogP contribution in [0.4, 0.5) is 11.5 Å². The number of anilines is 2. The van der Waals surface area contributed by atoms with Crippen molar-refractivity contribution in [2.45, 2.75) is 13.5 Å². The van der Waals surface area contributed by atoms with Gasteiger partial charge in [0.25, 0.3) is 5.91 Å². The Morgan fingerprint density at radius 2 is 1.86 bits per heavy atom. The maximum absolute atomic E-state index is 12.3. The molecular weight excluding hydrogens is 462 g/mol. The maximum atomic E-state index is 12.3. The quantitative estimate of drug-likeness (QED) is 0.307. The first kappa shape index (κ1) is 26.0. The van der Waals surface area contributed by atoms with Crippen molar-refractivity contribution in [2.24, 2.45) is 5.10 Å². The third-order valence-electron chi connectivity index (χ3n) is 4.95. The number of methoxy groups -OCH3 is 3. The molecule has 0 unspecified atom stereocenters. The van der Waals surface area contributed by atoms with E-state index in [4.69, 9.17) is 18.9 Å². The summed E-state index contributed by atoms with van der Waals surface area (Å²) in [5.41, 5.74) is 5.90. The number of benzene rings is 2. The highest BCUT2D eigenvalue weighted by molar-refractivity contribution is 5.93. The molecule has 3 rings (SSSR count). The Labute approximate surface area is 209 Å². The Balaban J connectivity index is 1.66. The highest BCUT2D eigenvalue weighted by Gasteiger charge is 2.12. The molecule has 0 aliphatic heterocycles. The molecule has 186 valence electrons. The summed E-state index contributed by atoms with van der Waals surface area (Å²) < 4.78 is 21.5. The number of carbonyl (C=O) groups is 1. The van der Waals surface area contributed by atoms with Gasteiger partial charge in [0, 0.05) is 18.4 Å². The number of nitrogens with one attached hydrogen (secondary N) is 2. The van der Waals surface area contributed by atoms with Crippen LogP contribution in [-0.4, -0.2) is 45.0 Å². The van der Waals surface area contributed by atoms with Crippen LogP contribution in [0.5, 0.6) is 17.2 Å². The number of rotatable bonds is 11. The van der Waals surface area contributed by atoms with Gasteiger partial charge >= 0.3 is 0 Å². The number of pyridine rings is 1. The highest BCUT2D eigenvalue weighted by atomic mass is 16.5. The Morgan fingerprint density at radius 3 is 2.58 bits per heavy atom. The van der Waals surface area contributed by atoms with Crippen molar-refractivity contribution >= 4 is 23.6 Å². The number of para-hydroxylation sites is 2. The van der Waals surface area contributed by atoms with Crippen LogP contribution < -0.4 is 25.0 Å². The molecule has 0 fully saturated rings. The average Bonchev–Trinajstić information content (AvgIpc) is 2.88. The normalized spacial score (nSPS) is 10.5. The third kappa shape index (κ3) is 6.71. The summed E-state index contributed by atoms with van der Waals surface area (Å²) in [5.74, 6) is 1.38. The molecule has 0 saturated carbocycles. The molecule has 36 heavy (non-hydrogen) atoms. The van der Waals surface area contributed by atoms with Crippen LogP contribution in [0.1, 0.15) is 22.4 Å². The Kier molecular flexibility index (Phi) is 9.19. The second-order valence-electron chi connectivity index (χ2n) is 7.51. The molecule has 10 nitrogen and oxygen atoms in total. The average molecular weight is 490 g/mol. The van der Waals surface area contributed by atoms with Crippen LogP contribution in [0.25, 0.3) is 0 Å². The lowest BCUT2D eigenvalue weighted by Crippen LogP contribution is -2.20. The molecule has 10 heteroatoms. The zero-order valence-electron chi connectivity index (χ0n) is 20.5. The van der Waals surface area contributed by atoms with Crippen molar-refractivity contribution in [3.8, 4) is 23.3 Å². The highest BCUT2D eigenvalue weighted by Crippen LogP contribution is 2.28. The van der Waals surface area contributed by atoms with E-state index in [-0.39, 0.29) is 12.5 Å². The third-order valence-corrected chi connectivity index (χ3v) is 4.95. The van der Waals surface area contributed by atoms with Crippen molar-refractivity contribution in [1.82, 2.24) is 4.98 Å². The molecule has 0 radical (unpaired) electrons. The summed E-state index contributed by atoms with van der Waals surface area (Å²) in [5, 5.41) is 16.5. The number of aryl methyl sites for hydroxylation is 1. The van der Waals surface area contributed by atoms with Crippen LogP contribution in [0.2, 0.25) is 0 Å². The van der Waals surface area contributed by atoms with Crippen molar-refractivity contribution < 1.29 is 23.7 Å². The lowest BCUT2D eigenvalue weighted by Gasteiger charge is -2.13. The van der Waals surface area contributed by atoms with E-state index in [1.165, 1.54) is 14.2 Å². The van der Waals surface area contributed by atoms with Gasteiger partial charge < -0.3 is 24.3 Å². The van der Waals surface area contributed by atoms with Gasteiger partial charge in [0.05, 0.1) is 32.7 Å². The van der Waals surface area contributed by atoms with Gasteiger partial charge in [-0.2, -0.15) is 10.4 Å². The Hall–Kier alpha value is -4.62. The number of ether oxygens (including phenoxy) is 4. The maximum Gasteiger partial charge on any atom is 0.262 e. The number of hydrogen-bond donors (Lipinski definition) is 2. The minimum absolute atomic E-state index is 0.219. The number of nitriles is 1. The summed E-state index contributed by atoms with van der Waals surface area (Å²) in [7, 11) is 4.60. The van der Waals surface area contributed by atoms with Gasteiger partial charge in [-0.3, -0.25) is 10.2 Å². The van der Waals surface area contributed by atoms with Gasteiger partial charge in [-0.15, -0.1) is 0 Å². The molecule has 1 aromatic heterocycles. The predicted octanol–water partition coefficient (Wildman–Crippen LogP) is 3.89. The van der Waals surface area contributed by atoms with Crippen molar-refractivity contribution in [2.75, 3.05) is 38.7 Å². The smallest absolute Gasteiger partial charge is 0.262 e. The van der Waals surface area contributed by atoms with E-state index in [1.807, 2.05) is 13.0 Å². The standard InChI is InChI=1S/C26H27N5O5/c1-17-11-19(15-33-2)20(13-27)26(29-17)31-28-14-18-9-10-23(24(12-18)35-4)36-16-25(32)30-21-7-5-6-8-22(21)34-3/h5-12,14H,15-16H2,1-4H3,(H,29,31)(H,30,32)/b28-14-. The van der Waals surface area contributed by atoms with Crippen LogP contribution in [0.3, 0.4) is 0 Å². The molecule has 1 heterocycles. The molecule has 3 aromatic rings. The van der Waals surface area contributed by atoms with Gasteiger partial charge in [-0.25, -0.2) is 4.98 Å². The summed E-state index contributed by atoms with van der Waals surface area (Å²) in [4.78, 5) is 16.7. The molecular formula is C26H27N5O5. The Morgan fingerprint density at radius 1 is 1.08 bits per heavy atom. The molecule has 0 aliphatic rings. The van der Waals surface area contributed by atoms with Crippen molar-refractivity contribution in [1.29, 1.82) is 5.26 Å². The van der Waals surface area contributed by atoms with E-state index in [1.54, 1.807) is 55.8 Å². The van der Waals surface area contributed by atoms with Crippen LogP contribution in [-0.2, 0) is 16.1 Å². The fourth-order valence-corrected chi connectivity index (χ4v) is 3.35. The van der Waals surface area contributed by atoms with Crippen LogP contribution >= 0.6 is 0 Å². The Bertz CT molecular complexity index is 1290. The second kappa shape index (κ2) is 12.7. The topological polar surface area (TPSA) is 127 Å². The molecule has 2 aromatic carbocycles. The molecule has 0 bridgehead atoms. The monoisotopic (exact) mass is 489 g/mol. The second-order valence-corrected chi connectivity index (χ2v) is 7.51. The predicted molar refractivity (Wildman–Crippen MR) is 136 cm³/mol. The molecule has 0 saturated heterocycles. The van der Waals surface area contributed by atoms with E-state index in [9.17, 15) is 10.1 Å². The first-order chi connectivity index (χ1) is 17.5. The lowest BCUT2D eigenvalue weighted by molar-refractivity contribution is -0.118. The number of nitrogens with zero attached hydrogens (tertiary/aromatic N) is 3. The van der Waals surface area contributed by atoms with E-state index in [2.05, 4.69) is 26.9 Å². The molecule has 2 N–H and O–H groups in total. The van der Waals surface area contributed by atoms with E-state index >= 15 is 0 Å². The zero-order valence-corrected chi connectivity index (χ0v) is 20.5. The van der Waals surface area contributed by atoms with Gasteiger partial charge in [0.15, 0.2) is 23.9 Å². The van der Waals surface area contributed by atoms with E-state index in [0.29, 0.717) is 46.5 Å². The van der Waals surface area contributed by atoms with Gasteiger partial charge in [-0.05, 0) is 48.9 Å². The number of hydrogen-bond acceptors (Lipinski definition) is 9.